The molecule has 3 N–H and O–H groups in total. The first-order valence-electron chi connectivity index (χ1n) is 11.8. The number of pyridine rings is 1. The van der Waals surface area contributed by atoms with Gasteiger partial charge < -0.3 is 25.3 Å². The van der Waals surface area contributed by atoms with Crippen LogP contribution in [-0.4, -0.2) is 51.8 Å². The number of rotatable bonds is 9. The molecule has 5 rings (SSSR count). The SMILES string of the molecule is COc1ccc(CC(NC(=O)c2cccnc2-n2ccc(-c3ccc4c(c3)OC(F)(F)O4)n2)C(=O)C(N)=O)cc1. The molecule has 1 aliphatic rings. The maximum absolute atomic E-state index is 13.4. The van der Waals surface area contributed by atoms with Gasteiger partial charge in [0, 0.05) is 24.4 Å². The third kappa shape index (κ3) is 5.43. The highest BCUT2D eigenvalue weighted by Crippen LogP contribution is 2.42. The lowest BCUT2D eigenvalue weighted by molar-refractivity contribution is -0.286. The Kier molecular flexibility index (Phi) is 6.86. The number of fused-ring (bicyclic) bond motifs is 1. The number of primary amides is 1. The molecule has 0 spiro atoms. The topological polar surface area (TPSA) is 148 Å². The Labute approximate surface area is 225 Å². The normalized spacial score (nSPS) is 13.9. The minimum atomic E-state index is -3.75. The van der Waals surface area contributed by atoms with Gasteiger partial charge in [-0.25, -0.2) is 9.67 Å². The Balaban J connectivity index is 1.39. The van der Waals surface area contributed by atoms with Gasteiger partial charge in [-0.05, 0) is 54.1 Å². The first kappa shape index (κ1) is 26.3. The number of ether oxygens (including phenoxy) is 3. The van der Waals surface area contributed by atoms with Gasteiger partial charge in [0.15, 0.2) is 17.3 Å². The molecule has 2 amide bonds. The number of amides is 2. The maximum Gasteiger partial charge on any atom is 0.586 e. The molecule has 1 unspecified atom stereocenters. The van der Waals surface area contributed by atoms with E-state index in [1.54, 1.807) is 30.3 Å². The predicted octanol–water partition coefficient (Wildman–Crippen LogP) is 2.66. The molecule has 0 saturated heterocycles. The van der Waals surface area contributed by atoms with E-state index in [4.69, 9.17) is 10.5 Å². The summed E-state index contributed by atoms with van der Waals surface area (Å²) in [6.07, 6.45) is -0.781. The van der Waals surface area contributed by atoms with Gasteiger partial charge in [0.25, 0.3) is 11.8 Å². The van der Waals surface area contributed by atoms with Crippen LogP contribution in [0, 0.1) is 0 Å². The van der Waals surface area contributed by atoms with Crippen LogP contribution in [0.25, 0.3) is 17.1 Å². The van der Waals surface area contributed by atoms with Crippen molar-refractivity contribution < 1.29 is 37.4 Å². The van der Waals surface area contributed by atoms with Crippen LogP contribution >= 0.6 is 0 Å². The number of aromatic nitrogens is 3. The number of carbonyl (C=O) groups excluding carboxylic acids is 3. The Morgan fingerprint density at radius 3 is 2.55 bits per heavy atom. The Hall–Kier alpha value is -5.33. The number of methoxy groups -OCH3 is 1. The fourth-order valence-electron chi connectivity index (χ4n) is 4.08. The molecule has 0 aliphatic carbocycles. The predicted molar refractivity (Wildman–Crippen MR) is 135 cm³/mol. The minimum absolute atomic E-state index is 0.00216. The summed E-state index contributed by atoms with van der Waals surface area (Å²) in [6, 6.07) is 14.3. The number of alkyl halides is 2. The molecule has 13 heteroatoms. The van der Waals surface area contributed by atoms with E-state index in [9.17, 15) is 23.2 Å². The van der Waals surface area contributed by atoms with Gasteiger partial charge in [0.1, 0.15) is 11.8 Å². The average Bonchev–Trinajstić information content (AvgIpc) is 3.55. The molecule has 204 valence electrons. The number of ketones is 1. The number of benzene rings is 2. The summed E-state index contributed by atoms with van der Waals surface area (Å²) < 4.78 is 42.2. The number of Topliss-reactive ketones (excluding diaryl/α,β-unsaturated/α-hetero) is 1. The molecule has 3 heterocycles. The van der Waals surface area contributed by atoms with E-state index in [1.165, 1.54) is 54.5 Å². The maximum atomic E-state index is 13.4. The third-order valence-electron chi connectivity index (χ3n) is 6.00. The summed E-state index contributed by atoms with van der Waals surface area (Å²) in [7, 11) is 1.51. The van der Waals surface area contributed by atoms with E-state index in [2.05, 4.69) is 24.9 Å². The average molecular weight is 549 g/mol. The number of nitrogens with one attached hydrogen (secondary N) is 1. The molecule has 4 aromatic rings. The molecule has 2 aromatic heterocycles. The number of hydrogen-bond acceptors (Lipinski definition) is 8. The zero-order chi connectivity index (χ0) is 28.4. The van der Waals surface area contributed by atoms with Gasteiger partial charge in [-0.15, -0.1) is 8.78 Å². The van der Waals surface area contributed by atoms with Crippen LogP contribution in [-0.2, 0) is 16.0 Å². The summed E-state index contributed by atoms with van der Waals surface area (Å²) in [4.78, 5) is 41.8. The van der Waals surface area contributed by atoms with E-state index in [0.717, 1.165) is 0 Å². The first-order valence-corrected chi connectivity index (χ1v) is 11.8. The van der Waals surface area contributed by atoms with Gasteiger partial charge in [0.05, 0.1) is 18.4 Å². The second kappa shape index (κ2) is 10.4. The summed E-state index contributed by atoms with van der Waals surface area (Å²) in [5.41, 5.74) is 6.77. The standard InChI is InChI=1S/C27H21F2N5O6/c1-38-17-7-4-15(5-8-17)13-20(23(35)24(30)36)32-26(37)18-3-2-11-31-25(18)34-12-10-19(33-34)16-6-9-21-22(14-16)40-27(28,29)39-21/h2-12,14,20H,13H2,1H3,(H2,30,36)(H,32,37). The monoisotopic (exact) mass is 549 g/mol. The second-order valence-electron chi connectivity index (χ2n) is 8.66. The first-order chi connectivity index (χ1) is 19.1. The molecular formula is C27H21F2N5O6. The van der Waals surface area contributed by atoms with Crippen LogP contribution < -0.4 is 25.3 Å². The number of carbonyl (C=O) groups is 3. The lowest BCUT2D eigenvalue weighted by Gasteiger charge is -2.17. The van der Waals surface area contributed by atoms with Crippen LogP contribution in [0.15, 0.2) is 73.1 Å². The minimum Gasteiger partial charge on any atom is -0.497 e. The fraction of sp³-hybridized carbons (Fsp3) is 0.148. The quantitative estimate of drug-likeness (QED) is 0.303. The summed E-state index contributed by atoms with van der Waals surface area (Å²) >= 11 is 0. The molecule has 0 fully saturated rings. The van der Waals surface area contributed by atoms with E-state index in [0.29, 0.717) is 22.6 Å². The van der Waals surface area contributed by atoms with Gasteiger partial charge in [0.2, 0.25) is 5.78 Å². The van der Waals surface area contributed by atoms with Crippen molar-refractivity contribution in [2.75, 3.05) is 7.11 Å². The number of halogens is 2. The second-order valence-corrected chi connectivity index (χ2v) is 8.66. The Morgan fingerprint density at radius 1 is 1.07 bits per heavy atom. The van der Waals surface area contributed by atoms with Crippen molar-refractivity contribution in [2.45, 2.75) is 18.8 Å². The van der Waals surface area contributed by atoms with E-state index in [-0.39, 0.29) is 29.3 Å². The van der Waals surface area contributed by atoms with Gasteiger partial charge >= 0.3 is 6.29 Å². The molecule has 1 atom stereocenters. The van der Waals surface area contributed by atoms with Gasteiger partial charge in [-0.3, -0.25) is 14.4 Å². The van der Waals surface area contributed by atoms with Crippen molar-refractivity contribution in [3.8, 4) is 34.3 Å². The number of nitrogens with two attached hydrogens (primary N) is 1. The van der Waals surface area contributed by atoms with Crippen LogP contribution in [0.1, 0.15) is 15.9 Å². The van der Waals surface area contributed by atoms with E-state index >= 15 is 0 Å². The summed E-state index contributed by atoms with van der Waals surface area (Å²) in [6.45, 7) is 0. The van der Waals surface area contributed by atoms with Crippen LogP contribution in [0.2, 0.25) is 0 Å². The smallest absolute Gasteiger partial charge is 0.497 e. The van der Waals surface area contributed by atoms with Crippen LogP contribution in [0.4, 0.5) is 8.78 Å². The summed E-state index contributed by atoms with van der Waals surface area (Å²) in [5, 5.41) is 6.99. The van der Waals surface area contributed by atoms with E-state index in [1.807, 2.05) is 0 Å². The molecule has 11 nitrogen and oxygen atoms in total. The fourth-order valence-corrected chi connectivity index (χ4v) is 4.08. The van der Waals surface area contributed by atoms with Gasteiger partial charge in [-0.1, -0.05) is 12.1 Å². The highest BCUT2D eigenvalue weighted by atomic mass is 19.3. The highest BCUT2D eigenvalue weighted by Gasteiger charge is 2.43. The lowest BCUT2D eigenvalue weighted by atomic mass is 10.0. The number of hydrogen-bond donors (Lipinski definition) is 2. The molecule has 2 aromatic carbocycles. The van der Waals surface area contributed by atoms with E-state index < -0.39 is 29.9 Å². The van der Waals surface area contributed by atoms with Crippen molar-refractivity contribution in [2.24, 2.45) is 5.73 Å². The number of nitrogens with zero attached hydrogens (tertiary/aromatic N) is 3. The van der Waals surface area contributed by atoms with Crippen molar-refractivity contribution in [1.29, 1.82) is 0 Å². The van der Waals surface area contributed by atoms with Gasteiger partial charge in [-0.2, -0.15) is 5.10 Å². The third-order valence-corrected chi connectivity index (χ3v) is 6.00. The zero-order valence-corrected chi connectivity index (χ0v) is 20.8. The Morgan fingerprint density at radius 2 is 1.82 bits per heavy atom. The van der Waals surface area contributed by atoms with Crippen LogP contribution in [0.3, 0.4) is 0 Å². The van der Waals surface area contributed by atoms with Crippen molar-refractivity contribution in [1.82, 2.24) is 20.1 Å². The van der Waals surface area contributed by atoms with Crippen molar-refractivity contribution >= 4 is 17.6 Å². The molecule has 1 aliphatic heterocycles. The molecule has 0 bridgehead atoms. The van der Waals surface area contributed by atoms with Crippen LogP contribution in [0.5, 0.6) is 17.2 Å². The summed E-state index contributed by atoms with van der Waals surface area (Å²) in [5.74, 6) is -2.38. The largest absolute Gasteiger partial charge is 0.586 e. The lowest BCUT2D eigenvalue weighted by Crippen LogP contribution is -2.47. The zero-order valence-electron chi connectivity index (χ0n) is 20.8. The highest BCUT2D eigenvalue weighted by molar-refractivity contribution is 6.38. The van der Waals surface area contributed by atoms with Crippen molar-refractivity contribution in [3.05, 3.63) is 84.2 Å². The molecule has 0 radical (unpaired) electrons. The molecular weight excluding hydrogens is 528 g/mol. The molecule has 0 saturated carbocycles. The van der Waals surface area contributed by atoms with Crippen molar-refractivity contribution in [3.63, 3.8) is 0 Å². The molecule has 40 heavy (non-hydrogen) atoms. The Bertz CT molecular complexity index is 1610.